The van der Waals surface area contributed by atoms with Gasteiger partial charge in [0.05, 0.1) is 27.8 Å². The Morgan fingerprint density at radius 2 is 1.90 bits per heavy atom. The van der Waals surface area contributed by atoms with E-state index in [1.807, 2.05) is 31.2 Å². The maximum Gasteiger partial charge on any atom is 0.260 e. The summed E-state index contributed by atoms with van der Waals surface area (Å²) in [7, 11) is 0. The SMILES string of the molecule is Cc1cc(Cl)cc2sc(N(Cc3cccnc3)C(=O)c3ccc4nccnc4c3)nc12. The fourth-order valence-electron chi connectivity index (χ4n) is 3.41. The van der Waals surface area contributed by atoms with Crippen LogP contribution < -0.4 is 4.90 Å². The third kappa shape index (κ3) is 3.85. The van der Waals surface area contributed by atoms with Crippen molar-refractivity contribution in [3.05, 3.63) is 89.0 Å². The molecule has 5 aromatic rings. The van der Waals surface area contributed by atoms with Gasteiger partial charge in [-0.15, -0.1) is 0 Å². The molecule has 0 spiro atoms. The highest BCUT2D eigenvalue weighted by Crippen LogP contribution is 2.34. The first-order valence-corrected chi connectivity index (χ1v) is 10.8. The molecule has 3 aromatic heterocycles. The van der Waals surface area contributed by atoms with Gasteiger partial charge in [0.15, 0.2) is 5.13 Å². The number of benzene rings is 2. The number of hydrogen-bond donors (Lipinski definition) is 0. The zero-order chi connectivity index (χ0) is 21.4. The Hall–Kier alpha value is -3.42. The average molecular weight is 446 g/mol. The van der Waals surface area contributed by atoms with E-state index in [4.69, 9.17) is 16.6 Å². The first-order valence-electron chi connectivity index (χ1n) is 9.57. The van der Waals surface area contributed by atoms with E-state index in [1.165, 1.54) is 11.3 Å². The maximum absolute atomic E-state index is 13.6. The van der Waals surface area contributed by atoms with Crippen LogP contribution >= 0.6 is 22.9 Å². The van der Waals surface area contributed by atoms with Crippen LogP contribution in [0.25, 0.3) is 21.3 Å². The molecule has 2 aromatic carbocycles. The van der Waals surface area contributed by atoms with Crippen LogP contribution in [0.1, 0.15) is 21.5 Å². The summed E-state index contributed by atoms with van der Waals surface area (Å²) in [5, 5.41) is 1.26. The number of pyridine rings is 1. The maximum atomic E-state index is 13.6. The monoisotopic (exact) mass is 445 g/mol. The van der Waals surface area contributed by atoms with Crippen molar-refractivity contribution in [2.24, 2.45) is 0 Å². The minimum absolute atomic E-state index is 0.167. The van der Waals surface area contributed by atoms with Gasteiger partial charge in [-0.2, -0.15) is 0 Å². The van der Waals surface area contributed by atoms with Crippen LogP contribution in [0.5, 0.6) is 0 Å². The highest BCUT2D eigenvalue weighted by atomic mass is 35.5. The zero-order valence-electron chi connectivity index (χ0n) is 16.5. The average Bonchev–Trinajstić information content (AvgIpc) is 3.21. The van der Waals surface area contributed by atoms with Gasteiger partial charge in [-0.05, 0) is 54.4 Å². The van der Waals surface area contributed by atoms with E-state index >= 15 is 0 Å². The summed E-state index contributed by atoms with van der Waals surface area (Å²) in [5.41, 5.74) is 4.65. The molecule has 0 unspecified atom stereocenters. The van der Waals surface area contributed by atoms with Crippen LogP contribution in [0.3, 0.4) is 0 Å². The second-order valence-electron chi connectivity index (χ2n) is 7.08. The molecule has 0 fully saturated rings. The van der Waals surface area contributed by atoms with Crippen LogP contribution in [0.2, 0.25) is 5.02 Å². The van der Waals surface area contributed by atoms with Crippen molar-refractivity contribution < 1.29 is 4.79 Å². The third-order valence-electron chi connectivity index (χ3n) is 4.89. The van der Waals surface area contributed by atoms with Gasteiger partial charge in [0.25, 0.3) is 5.91 Å². The number of carbonyl (C=O) groups excluding carboxylic acids is 1. The number of halogens is 1. The van der Waals surface area contributed by atoms with Crippen molar-refractivity contribution in [2.45, 2.75) is 13.5 Å². The highest BCUT2D eigenvalue weighted by molar-refractivity contribution is 7.22. The number of hydrogen-bond acceptors (Lipinski definition) is 6. The molecule has 0 saturated carbocycles. The van der Waals surface area contributed by atoms with Crippen molar-refractivity contribution in [1.29, 1.82) is 0 Å². The van der Waals surface area contributed by atoms with Crippen LogP contribution in [0.4, 0.5) is 5.13 Å². The van der Waals surface area contributed by atoms with E-state index in [-0.39, 0.29) is 5.91 Å². The number of rotatable bonds is 4. The molecule has 8 heteroatoms. The lowest BCUT2D eigenvalue weighted by molar-refractivity contribution is 0.0985. The molecule has 1 amide bonds. The molecule has 152 valence electrons. The van der Waals surface area contributed by atoms with Gasteiger partial charge in [0.2, 0.25) is 0 Å². The summed E-state index contributed by atoms with van der Waals surface area (Å²) >= 11 is 7.67. The van der Waals surface area contributed by atoms with E-state index in [1.54, 1.807) is 47.9 Å². The Morgan fingerprint density at radius 1 is 1.06 bits per heavy atom. The number of carbonyl (C=O) groups is 1. The lowest BCUT2D eigenvalue weighted by Gasteiger charge is -2.20. The van der Waals surface area contributed by atoms with Crippen molar-refractivity contribution in [2.75, 3.05) is 4.90 Å². The number of anilines is 1. The Labute approximate surface area is 187 Å². The van der Waals surface area contributed by atoms with E-state index in [9.17, 15) is 4.79 Å². The molecule has 0 aliphatic carbocycles. The first kappa shape index (κ1) is 19.5. The van der Waals surface area contributed by atoms with Crippen molar-refractivity contribution >= 4 is 55.2 Å². The molecule has 0 bridgehead atoms. The largest absolute Gasteiger partial charge is 0.279 e. The highest BCUT2D eigenvalue weighted by Gasteiger charge is 2.23. The summed E-state index contributed by atoms with van der Waals surface area (Å²) in [4.78, 5) is 32.9. The Kier molecular flexibility index (Phi) is 5.05. The molecule has 31 heavy (non-hydrogen) atoms. The second-order valence-corrected chi connectivity index (χ2v) is 8.52. The van der Waals surface area contributed by atoms with E-state index in [0.29, 0.717) is 27.8 Å². The Balaban J connectivity index is 1.61. The van der Waals surface area contributed by atoms with Gasteiger partial charge >= 0.3 is 0 Å². The van der Waals surface area contributed by atoms with Gasteiger partial charge in [0.1, 0.15) is 0 Å². The minimum Gasteiger partial charge on any atom is -0.279 e. The molecule has 3 heterocycles. The smallest absolute Gasteiger partial charge is 0.260 e. The Bertz CT molecular complexity index is 1420. The summed E-state index contributed by atoms with van der Waals surface area (Å²) in [6.45, 7) is 2.31. The van der Waals surface area contributed by atoms with E-state index < -0.39 is 0 Å². The second kappa shape index (κ2) is 8.02. The van der Waals surface area contributed by atoms with Gasteiger partial charge in [-0.3, -0.25) is 24.6 Å². The molecular formula is C23H16ClN5OS. The Morgan fingerprint density at radius 3 is 2.71 bits per heavy atom. The summed E-state index contributed by atoms with van der Waals surface area (Å²) in [6.07, 6.45) is 6.71. The van der Waals surface area contributed by atoms with Crippen LogP contribution in [-0.2, 0) is 6.54 Å². The van der Waals surface area contributed by atoms with Crippen LogP contribution in [0.15, 0.2) is 67.3 Å². The van der Waals surface area contributed by atoms with Crippen LogP contribution in [-0.4, -0.2) is 25.8 Å². The zero-order valence-corrected chi connectivity index (χ0v) is 18.1. The predicted octanol–water partition coefficient (Wildman–Crippen LogP) is 5.44. The number of nitrogens with zero attached hydrogens (tertiary/aromatic N) is 5. The number of amides is 1. The fraction of sp³-hybridized carbons (Fsp3) is 0.0870. The molecule has 0 aliphatic rings. The normalized spacial score (nSPS) is 11.2. The topological polar surface area (TPSA) is 71.9 Å². The lowest BCUT2D eigenvalue weighted by atomic mass is 10.1. The number of thiazole rings is 1. The molecule has 0 atom stereocenters. The number of aromatic nitrogens is 4. The lowest BCUT2D eigenvalue weighted by Crippen LogP contribution is -2.30. The molecule has 0 N–H and O–H groups in total. The van der Waals surface area contributed by atoms with Gasteiger partial charge < -0.3 is 0 Å². The third-order valence-corrected chi connectivity index (χ3v) is 6.14. The molecule has 5 rings (SSSR count). The quantitative estimate of drug-likeness (QED) is 0.368. The molecule has 6 nitrogen and oxygen atoms in total. The summed E-state index contributed by atoms with van der Waals surface area (Å²) in [6, 6.07) is 12.9. The van der Waals surface area contributed by atoms with Crippen molar-refractivity contribution in [3.8, 4) is 0 Å². The van der Waals surface area contributed by atoms with Gasteiger partial charge in [-0.1, -0.05) is 29.0 Å². The minimum atomic E-state index is -0.167. The van der Waals surface area contributed by atoms with Gasteiger partial charge in [-0.25, -0.2) is 4.98 Å². The predicted molar refractivity (Wildman–Crippen MR) is 124 cm³/mol. The fourth-order valence-corrected chi connectivity index (χ4v) is 4.83. The van der Waals surface area contributed by atoms with E-state index in [2.05, 4.69) is 15.0 Å². The standard InChI is InChI=1S/C23H16ClN5OS/c1-14-9-17(24)11-20-21(14)28-23(31-20)29(13-15-3-2-6-25-12-15)22(30)16-4-5-18-19(10-16)27-8-7-26-18/h2-12H,13H2,1H3. The molecule has 0 aliphatic heterocycles. The number of fused-ring (bicyclic) bond motifs is 2. The summed E-state index contributed by atoms with van der Waals surface area (Å²) in [5.74, 6) is -0.167. The van der Waals surface area contributed by atoms with Crippen molar-refractivity contribution in [3.63, 3.8) is 0 Å². The van der Waals surface area contributed by atoms with Crippen LogP contribution in [0, 0.1) is 6.92 Å². The van der Waals surface area contributed by atoms with E-state index in [0.717, 1.165) is 26.9 Å². The van der Waals surface area contributed by atoms with Crippen molar-refractivity contribution in [1.82, 2.24) is 19.9 Å². The molecule has 0 saturated heterocycles. The van der Waals surface area contributed by atoms with Gasteiger partial charge in [0, 0.05) is 35.4 Å². The first-order chi connectivity index (χ1) is 15.1. The molecular weight excluding hydrogens is 430 g/mol. The summed E-state index contributed by atoms with van der Waals surface area (Å²) < 4.78 is 0.938. The number of aryl methyl sites for hydroxylation is 1. The molecule has 0 radical (unpaired) electrons.